The fraction of sp³-hybridized carbons (Fsp3) is 0.462. The first-order chi connectivity index (χ1) is 7.92. The van der Waals surface area contributed by atoms with Crippen molar-refractivity contribution in [3.63, 3.8) is 0 Å². The van der Waals surface area contributed by atoms with E-state index in [1.165, 1.54) is 12.0 Å². The van der Waals surface area contributed by atoms with E-state index in [-0.39, 0.29) is 0 Å². The second-order valence-corrected chi connectivity index (χ2v) is 3.93. The number of hydrogen-bond donors (Lipinski definition) is 1. The molecule has 0 saturated carbocycles. The Bertz CT molecular complexity index is 302. The minimum atomic E-state index is 0.800. The predicted octanol–water partition coefficient (Wildman–Crippen LogP) is 2.16. The Balaban J connectivity index is 1.93. The highest BCUT2D eigenvalue weighted by Gasteiger charge is 2.27. The Morgan fingerprint density at radius 1 is 1.31 bits per heavy atom. The fourth-order valence-electron chi connectivity index (χ4n) is 1.77. The number of unbranched alkanes of at least 4 members (excludes halogenated alkanes) is 1. The summed E-state index contributed by atoms with van der Waals surface area (Å²) in [6.07, 6.45) is 3.37. The minimum absolute atomic E-state index is 0.800. The van der Waals surface area contributed by atoms with Crippen LogP contribution in [0.2, 0.25) is 0 Å². The van der Waals surface area contributed by atoms with Crippen LogP contribution < -0.4 is 5.32 Å². The molecule has 0 unspecified atom stereocenters. The van der Waals surface area contributed by atoms with Crippen LogP contribution in [0.4, 0.5) is 0 Å². The Kier molecular flexibility index (Phi) is 4.34. The third kappa shape index (κ3) is 2.82. The molecular formula is C13H19N2O. The molecule has 16 heavy (non-hydrogen) atoms. The molecule has 0 spiro atoms. The van der Waals surface area contributed by atoms with Crippen molar-refractivity contribution in [1.29, 1.82) is 0 Å². The summed E-state index contributed by atoms with van der Waals surface area (Å²) in [6.45, 7) is 4.85. The molecule has 1 aromatic carbocycles. The SMILES string of the molecule is CCCCON1CCN[C]1c1ccccc1. The first-order valence-electron chi connectivity index (χ1n) is 5.98. The van der Waals surface area contributed by atoms with Gasteiger partial charge in [-0.1, -0.05) is 43.7 Å². The maximum absolute atomic E-state index is 5.74. The highest BCUT2D eigenvalue weighted by atomic mass is 16.7. The molecule has 87 valence electrons. The minimum Gasteiger partial charge on any atom is -0.297 e. The summed E-state index contributed by atoms with van der Waals surface area (Å²) in [5, 5.41) is 5.34. The molecular weight excluding hydrogens is 200 g/mol. The van der Waals surface area contributed by atoms with Gasteiger partial charge in [-0.2, -0.15) is 5.06 Å². The summed E-state index contributed by atoms with van der Waals surface area (Å²) in [5.74, 6) is 0. The first-order valence-corrected chi connectivity index (χ1v) is 5.98. The first kappa shape index (κ1) is 11.6. The number of hydroxylamine groups is 2. The Hall–Kier alpha value is -0.900. The summed E-state index contributed by atoms with van der Waals surface area (Å²) in [6, 6.07) is 10.3. The Labute approximate surface area is 97.4 Å². The Morgan fingerprint density at radius 3 is 2.88 bits per heavy atom. The molecule has 1 saturated heterocycles. The second-order valence-electron chi connectivity index (χ2n) is 3.93. The van der Waals surface area contributed by atoms with Gasteiger partial charge in [-0.15, -0.1) is 0 Å². The standard InChI is InChI=1S/C13H19N2O/c1-2-3-11-16-15-10-9-14-13(15)12-7-5-4-6-8-12/h4-8,14H,2-3,9-11H2,1H3. The lowest BCUT2D eigenvalue weighted by Gasteiger charge is -2.22. The number of benzene rings is 1. The monoisotopic (exact) mass is 219 g/mol. The highest BCUT2D eigenvalue weighted by Crippen LogP contribution is 2.20. The summed E-state index contributed by atoms with van der Waals surface area (Å²) in [7, 11) is 0. The van der Waals surface area contributed by atoms with E-state index in [1.807, 2.05) is 23.3 Å². The zero-order chi connectivity index (χ0) is 11.2. The zero-order valence-corrected chi connectivity index (χ0v) is 9.78. The van der Waals surface area contributed by atoms with Gasteiger partial charge in [0.1, 0.15) is 0 Å². The van der Waals surface area contributed by atoms with E-state index in [0.717, 1.165) is 32.3 Å². The van der Waals surface area contributed by atoms with Crippen LogP contribution in [0.15, 0.2) is 30.3 Å². The van der Waals surface area contributed by atoms with Crippen molar-refractivity contribution >= 4 is 0 Å². The number of hydrogen-bond acceptors (Lipinski definition) is 3. The van der Waals surface area contributed by atoms with E-state index < -0.39 is 0 Å². The van der Waals surface area contributed by atoms with Crippen LogP contribution in [0.3, 0.4) is 0 Å². The van der Waals surface area contributed by atoms with Gasteiger partial charge in [-0.25, -0.2) is 0 Å². The van der Waals surface area contributed by atoms with Crippen LogP contribution in [0, 0.1) is 6.17 Å². The van der Waals surface area contributed by atoms with Crippen LogP contribution in [0.25, 0.3) is 0 Å². The average Bonchev–Trinajstić information content (AvgIpc) is 2.79. The third-order valence-corrected chi connectivity index (χ3v) is 2.65. The smallest absolute Gasteiger partial charge is 0.159 e. The molecule has 1 heterocycles. The van der Waals surface area contributed by atoms with Crippen LogP contribution in [0.1, 0.15) is 25.3 Å². The number of nitrogens with zero attached hydrogens (tertiary/aromatic N) is 1. The second kappa shape index (κ2) is 5.99. The largest absolute Gasteiger partial charge is 0.297 e. The summed E-state index contributed by atoms with van der Waals surface area (Å²) >= 11 is 0. The van der Waals surface area contributed by atoms with Gasteiger partial charge in [-0.05, 0) is 12.0 Å². The predicted molar refractivity (Wildman–Crippen MR) is 64.4 cm³/mol. The molecule has 0 aromatic heterocycles. The van der Waals surface area contributed by atoms with Gasteiger partial charge < -0.3 is 0 Å². The fourth-order valence-corrected chi connectivity index (χ4v) is 1.77. The molecule has 1 aromatic rings. The molecule has 2 rings (SSSR count). The van der Waals surface area contributed by atoms with Crippen LogP contribution in [0.5, 0.6) is 0 Å². The van der Waals surface area contributed by atoms with Crippen LogP contribution in [-0.4, -0.2) is 24.8 Å². The lowest BCUT2D eigenvalue weighted by atomic mass is 10.2. The van der Waals surface area contributed by atoms with Crippen molar-refractivity contribution in [2.24, 2.45) is 0 Å². The summed E-state index contributed by atoms with van der Waals surface area (Å²) in [5.41, 5.74) is 1.19. The molecule has 1 aliphatic heterocycles. The van der Waals surface area contributed by atoms with Crippen LogP contribution >= 0.6 is 0 Å². The van der Waals surface area contributed by atoms with E-state index in [2.05, 4.69) is 24.4 Å². The lowest BCUT2D eigenvalue weighted by molar-refractivity contribution is -0.135. The number of rotatable bonds is 5. The molecule has 3 nitrogen and oxygen atoms in total. The number of nitrogens with one attached hydrogen (secondary N) is 1. The average molecular weight is 219 g/mol. The maximum Gasteiger partial charge on any atom is 0.159 e. The third-order valence-electron chi connectivity index (χ3n) is 2.65. The lowest BCUT2D eigenvalue weighted by Crippen LogP contribution is -2.29. The molecule has 1 fully saturated rings. The van der Waals surface area contributed by atoms with Crippen molar-refractivity contribution in [2.75, 3.05) is 19.7 Å². The molecule has 0 bridgehead atoms. The van der Waals surface area contributed by atoms with Gasteiger partial charge in [0.25, 0.3) is 0 Å². The molecule has 3 heteroatoms. The molecule has 1 N–H and O–H groups in total. The quantitative estimate of drug-likeness (QED) is 0.768. The van der Waals surface area contributed by atoms with Crippen molar-refractivity contribution in [2.45, 2.75) is 19.8 Å². The van der Waals surface area contributed by atoms with Crippen LogP contribution in [-0.2, 0) is 4.84 Å². The molecule has 1 radical (unpaired) electrons. The normalized spacial score (nSPS) is 18.1. The van der Waals surface area contributed by atoms with Crippen molar-refractivity contribution < 1.29 is 4.84 Å². The van der Waals surface area contributed by atoms with Gasteiger partial charge in [0.05, 0.1) is 6.61 Å². The molecule has 0 amide bonds. The van der Waals surface area contributed by atoms with E-state index in [1.54, 1.807) is 0 Å². The molecule has 0 atom stereocenters. The topological polar surface area (TPSA) is 24.5 Å². The molecule has 1 aliphatic rings. The summed E-state index contributed by atoms with van der Waals surface area (Å²) in [4.78, 5) is 5.74. The van der Waals surface area contributed by atoms with E-state index in [9.17, 15) is 0 Å². The van der Waals surface area contributed by atoms with Gasteiger partial charge in [-0.3, -0.25) is 10.2 Å². The zero-order valence-electron chi connectivity index (χ0n) is 9.78. The van der Waals surface area contributed by atoms with E-state index >= 15 is 0 Å². The molecule has 0 aliphatic carbocycles. The summed E-state index contributed by atoms with van der Waals surface area (Å²) < 4.78 is 0. The van der Waals surface area contributed by atoms with Gasteiger partial charge >= 0.3 is 0 Å². The maximum atomic E-state index is 5.74. The van der Waals surface area contributed by atoms with Crippen molar-refractivity contribution in [3.05, 3.63) is 42.1 Å². The van der Waals surface area contributed by atoms with Gasteiger partial charge in [0.2, 0.25) is 0 Å². The van der Waals surface area contributed by atoms with E-state index in [0.29, 0.717) is 0 Å². The Morgan fingerprint density at radius 2 is 2.12 bits per heavy atom. The van der Waals surface area contributed by atoms with Gasteiger partial charge in [0, 0.05) is 13.1 Å². The van der Waals surface area contributed by atoms with Crippen molar-refractivity contribution in [3.8, 4) is 0 Å². The van der Waals surface area contributed by atoms with Crippen molar-refractivity contribution in [1.82, 2.24) is 10.4 Å². The van der Waals surface area contributed by atoms with Gasteiger partial charge in [0.15, 0.2) is 6.17 Å². The highest BCUT2D eigenvalue weighted by molar-refractivity contribution is 5.29. The van der Waals surface area contributed by atoms with E-state index in [4.69, 9.17) is 4.84 Å².